The Morgan fingerprint density at radius 3 is 1.91 bits per heavy atom. The molecule has 5 heterocycles. The maximum absolute atomic E-state index is 13.4. The second-order valence-electron chi connectivity index (χ2n) is 11.6. The van der Waals surface area contributed by atoms with E-state index < -0.39 is 10.8 Å². The predicted molar refractivity (Wildman–Crippen MR) is 132 cm³/mol. The number of nitrogens with zero attached hydrogens (tertiary/aromatic N) is 4. The van der Waals surface area contributed by atoms with Crippen LogP contribution >= 0.6 is 0 Å². The second kappa shape index (κ2) is 9.21. The zero-order chi connectivity index (χ0) is 24.8. The van der Waals surface area contributed by atoms with Crippen LogP contribution in [0.25, 0.3) is 0 Å². The number of hydrogen-bond donors (Lipinski definition) is 0. The van der Waals surface area contributed by atoms with Gasteiger partial charge in [0, 0.05) is 44.8 Å². The fourth-order valence-electron chi connectivity index (χ4n) is 6.69. The molecule has 0 saturated carbocycles. The molecule has 4 bridgehead atoms. The van der Waals surface area contributed by atoms with Crippen molar-refractivity contribution in [2.75, 3.05) is 59.5 Å². The van der Waals surface area contributed by atoms with Gasteiger partial charge in [-0.25, -0.2) is 0 Å². The molecule has 1 aromatic carbocycles. The standard InChI is InChI=1S/C27H38N4O4/c1-26-16-30-18-27(2,25(26)34)19-31(17-26)24(33)15-29(14-23(30)32)12-20-7-8-22(35-3)21(11-20)13-28-9-5-4-6-10-28/h7-8,11H,4-6,9-10,12-19H2,1-3H3. The Morgan fingerprint density at radius 2 is 1.37 bits per heavy atom. The average molecular weight is 483 g/mol. The van der Waals surface area contributed by atoms with Gasteiger partial charge in [-0.1, -0.05) is 12.5 Å². The summed E-state index contributed by atoms with van der Waals surface area (Å²) in [5, 5.41) is 0. The normalized spacial score (nSPS) is 30.3. The Balaban J connectivity index is 1.36. The van der Waals surface area contributed by atoms with Gasteiger partial charge in [-0.05, 0) is 57.5 Å². The molecule has 0 radical (unpaired) electrons. The number of piperidine rings is 3. The zero-order valence-electron chi connectivity index (χ0n) is 21.3. The van der Waals surface area contributed by atoms with E-state index in [0.29, 0.717) is 32.7 Å². The molecule has 8 heteroatoms. The van der Waals surface area contributed by atoms with Crippen molar-refractivity contribution in [1.82, 2.24) is 19.6 Å². The Hall–Kier alpha value is -2.45. The van der Waals surface area contributed by atoms with Gasteiger partial charge in [0.05, 0.1) is 31.0 Å². The van der Waals surface area contributed by atoms with Crippen LogP contribution in [0.3, 0.4) is 0 Å². The maximum Gasteiger partial charge on any atom is 0.236 e. The first-order valence-electron chi connectivity index (χ1n) is 12.9. The number of ether oxygens (including phenoxy) is 1. The van der Waals surface area contributed by atoms with Crippen molar-refractivity contribution >= 4 is 17.6 Å². The topological polar surface area (TPSA) is 73.4 Å². The number of carbonyl (C=O) groups excluding carboxylic acids is 3. The van der Waals surface area contributed by atoms with Crippen molar-refractivity contribution in [3.8, 4) is 5.75 Å². The lowest BCUT2D eigenvalue weighted by Gasteiger charge is -2.56. The van der Waals surface area contributed by atoms with Crippen LogP contribution in [-0.2, 0) is 27.5 Å². The molecule has 190 valence electrons. The van der Waals surface area contributed by atoms with Crippen LogP contribution in [0.4, 0.5) is 0 Å². The molecule has 35 heavy (non-hydrogen) atoms. The molecular formula is C27H38N4O4. The van der Waals surface area contributed by atoms with Crippen LogP contribution in [0, 0.1) is 10.8 Å². The Labute approximate surface area is 208 Å². The molecular weight excluding hydrogens is 444 g/mol. The molecule has 5 fully saturated rings. The minimum absolute atomic E-state index is 0.000141. The summed E-state index contributed by atoms with van der Waals surface area (Å²) in [6, 6.07) is 6.20. The lowest BCUT2D eigenvalue weighted by atomic mass is 9.64. The van der Waals surface area contributed by atoms with Crippen molar-refractivity contribution < 1.29 is 19.1 Å². The predicted octanol–water partition coefficient (Wildman–Crippen LogP) is 1.76. The van der Waals surface area contributed by atoms with E-state index in [1.807, 2.05) is 40.7 Å². The van der Waals surface area contributed by atoms with Gasteiger partial charge in [0.25, 0.3) is 0 Å². The molecule has 5 saturated heterocycles. The van der Waals surface area contributed by atoms with E-state index in [-0.39, 0.29) is 30.7 Å². The molecule has 0 unspecified atom stereocenters. The van der Waals surface area contributed by atoms with Crippen LogP contribution in [-0.4, -0.2) is 96.7 Å². The molecule has 0 atom stereocenters. The van der Waals surface area contributed by atoms with Gasteiger partial charge in [0.2, 0.25) is 11.8 Å². The molecule has 0 aromatic heterocycles. The summed E-state index contributed by atoms with van der Waals surface area (Å²) in [4.78, 5) is 48.0. The highest BCUT2D eigenvalue weighted by molar-refractivity contribution is 5.96. The van der Waals surface area contributed by atoms with Crippen LogP contribution in [0.1, 0.15) is 44.2 Å². The van der Waals surface area contributed by atoms with E-state index in [1.54, 1.807) is 7.11 Å². The number of amides is 2. The maximum atomic E-state index is 13.4. The second-order valence-corrected chi connectivity index (χ2v) is 11.6. The summed E-state index contributed by atoms with van der Waals surface area (Å²) in [5.74, 6) is 1.07. The molecule has 5 aliphatic rings. The van der Waals surface area contributed by atoms with Crippen LogP contribution in [0.15, 0.2) is 18.2 Å². The molecule has 0 aliphatic carbocycles. The number of likely N-dealkylation sites (tertiary alicyclic amines) is 1. The summed E-state index contributed by atoms with van der Waals surface area (Å²) in [5.41, 5.74) is 0.855. The molecule has 0 spiro atoms. The SMILES string of the molecule is COc1ccc(CN2CC(=O)N3CC4(C)CN(CC(C)(C3)C4=O)C(=O)C2)cc1CN1CCCCC1. The van der Waals surface area contributed by atoms with E-state index >= 15 is 0 Å². The first-order chi connectivity index (χ1) is 16.7. The van der Waals surface area contributed by atoms with Gasteiger partial charge in [-0.15, -0.1) is 0 Å². The molecule has 6 rings (SSSR count). The van der Waals surface area contributed by atoms with Gasteiger partial charge in [-0.3, -0.25) is 24.2 Å². The third-order valence-corrected chi connectivity index (χ3v) is 8.27. The fourth-order valence-corrected chi connectivity index (χ4v) is 6.69. The largest absolute Gasteiger partial charge is 0.496 e. The monoisotopic (exact) mass is 482 g/mol. The third kappa shape index (κ3) is 4.70. The minimum atomic E-state index is -0.682. The lowest BCUT2D eigenvalue weighted by molar-refractivity contribution is -0.169. The smallest absolute Gasteiger partial charge is 0.236 e. The number of hydrogen-bond acceptors (Lipinski definition) is 6. The highest BCUT2D eigenvalue weighted by atomic mass is 16.5. The molecule has 5 aliphatic heterocycles. The number of rotatable bonds is 5. The van der Waals surface area contributed by atoms with E-state index in [4.69, 9.17) is 4.74 Å². The number of fused-ring (bicyclic) bond motifs is 4. The molecule has 8 nitrogen and oxygen atoms in total. The first-order valence-corrected chi connectivity index (χ1v) is 12.9. The van der Waals surface area contributed by atoms with Gasteiger partial charge in [0.1, 0.15) is 5.75 Å². The van der Waals surface area contributed by atoms with Gasteiger partial charge < -0.3 is 14.5 Å². The van der Waals surface area contributed by atoms with Crippen molar-refractivity contribution in [2.24, 2.45) is 10.8 Å². The van der Waals surface area contributed by atoms with Gasteiger partial charge in [-0.2, -0.15) is 0 Å². The third-order valence-electron chi connectivity index (χ3n) is 8.27. The summed E-state index contributed by atoms with van der Waals surface area (Å²) in [7, 11) is 1.70. The first kappa shape index (κ1) is 24.3. The average Bonchev–Trinajstić information content (AvgIpc) is 2.81. The van der Waals surface area contributed by atoms with E-state index in [2.05, 4.69) is 11.0 Å². The quantitative estimate of drug-likeness (QED) is 0.637. The number of ketones is 1. The Kier molecular flexibility index (Phi) is 6.38. The van der Waals surface area contributed by atoms with Crippen LogP contribution in [0.5, 0.6) is 5.75 Å². The highest BCUT2D eigenvalue weighted by Crippen LogP contribution is 2.42. The number of carbonyl (C=O) groups is 3. The fraction of sp³-hybridized carbons (Fsp3) is 0.667. The summed E-state index contributed by atoms with van der Waals surface area (Å²) >= 11 is 0. The van der Waals surface area contributed by atoms with Gasteiger partial charge >= 0.3 is 0 Å². The summed E-state index contributed by atoms with van der Waals surface area (Å²) in [6.07, 6.45) is 3.76. The van der Waals surface area contributed by atoms with Crippen molar-refractivity contribution in [1.29, 1.82) is 0 Å². The van der Waals surface area contributed by atoms with Crippen molar-refractivity contribution in [3.05, 3.63) is 29.3 Å². The van der Waals surface area contributed by atoms with Crippen molar-refractivity contribution in [3.63, 3.8) is 0 Å². The van der Waals surface area contributed by atoms with Crippen molar-refractivity contribution in [2.45, 2.75) is 46.2 Å². The minimum Gasteiger partial charge on any atom is -0.496 e. The van der Waals surface area contributed by atoms with Gasteiger partial charge in [0.15, 0.2) is 5.78 Å². The molecule has 0 N–H and O–H groups in total. The number of Topliss-reactive ketones (excluding diaryl/α,β-unsaturated/α-hetero) is 1. The zero-order valence-corrected chi connectivity index (χ0v) is 21.3. The van der Waals surface area contributed by atoms with E-state index in [0.717, 1.165) is 36.5 Å². The Morgan fingerprint density at radius 1 is 0.800 bits per heavy atom. The summed E-state index contributed by atoms with van der Waals surface area (Å²) in [6.45, 7) is 9.30. The highest BCUT2D eigenvalue weighted by Gasteiger charge is 2.57. The molecule has 2 amide bonds. The van der Waals surface area contributed by atoms with Crippen LogP contribution in [0.2, 0.25) is 0 Å². The lowest BCUT2D eigenvalue weighted by Crippen LogP contribution is -2.71. The Bertz CT molecular complexity index is 964. The summed E-state index contributed by atoms with van der Waals surface area (Å²) < 4.78 is 5.64. The number of benzene rings is 1. The molecule has 1 aromatic rings. The van der Waals surface area contributed by atoms with E-state index in [1.165, 1.54) is 19.3 Å². The van der Waals surface area contributed by atoms with Crippen LogP contribution < -0.4 is 4.74 Å². The number of methoxy groups -OCH3 is 1. The van der Waals surface area contributed by atoms with E-state index in [9.17, 15) is 14.4 Å².